The Morgan fingerprint density at radius 2 is 1.78 bits per heavy atom. The van der Waals surface area contributed by atoms with Crippen LogP contribution in [0.2, 0.25) is 0 Å². The molecule has 0 radical (unpaired) electrons. The van der Waals surface area contributed by atoms with E-state index in [0.29, 0.717) is 5.92 Å². The van der Waals surface area contributed by atoms with Gasteiger partial charge in [0.25, 0.3) is 0 Å². The van der Waals surface area contributed by atoms with E-state index in [4.69, 9.17) is 0 Å². The van der Waals surface area contributed by atoms with Gasteiger partial charge in [0.05, 0.1) is 0 Å². The third kappa shape index (κ3) is 5.25. The third-order valence-corrected chi connectivity index (χ3v) is 3.70. The molecule has 0 aromatic heterocycles. The fourth-order valence-electron chi connectivity index (χ4n) is 2.85. The van der Waals surface area contributed by atoms with Crippen LogP contribution in [0.5, 0.6) is 0 Å². The van der Waals surface area contributed by atoms with Crippen molar-refractivity contribution in [3.8, 4) is 0 Å². The Kier molecular flexibility index (Phi) is 6.46. The molecule has 1 aromatic rings. The lowest BCUT2D eigenvalue weighted by Crippen LogP contribution is -2.03. The van der Waals surface area contributed by atoms with Gasteiger partial charge in [-0.15, -0.1) is 0 Å². The zero-order valence-corrected chi connectivity index (χ0v) is 12.9. The summed E-state index contributed by atoms with van der Waals surface area (Å²) in [6.07, 6.45) is 5.18. The van der Waals surface area contributed by atoms with Crippen LogP contribution >= 0.6 is 0 Å². The summed E-state index contributed by atoms with van der Waals surface area (Å²) in [4.78, 5) is 0. The highest BCUT2D eigenvalue weighted by Crippen LogP contribution is 2.26. The van der Waals surface area contributed by atoms with E-state index < -0.39 is 0 Å². The number of hydrogen-bond acceptors (Lipinski definition) is 0. The molecule has 2 atom stereocenters. The summed E-state index contributed by atoms with van der Waals surface area (Å²) < 4.78 is 0. The summed E-state index contributed by atoms with van der Waals surface area (Å²) in [5, 5.41) is 0. The molecule has 2 unspecified atom stereocenters. The maximum atomic E-state index is 2.42. The van der Waals surface area contributed by atoms with Gasteiger partial charge < -0.3 is 0 Å². The first-order valence-corrected chi connectivity index (χ1v) is 7.61. The number of rotatable bonds is 7. The second kappa shape index (κ2) is 7.61. The first kappa shape index (κ1) is 15.3. The van der Waals surface area contributed by atoms with E-state index in [1.165, 1.54) is 36.8 Å². The molecule has 0 nitrogen and oxygen atoms in total. The van der Waals surface area contributed by atoms with Crippen molar-refractivity contribution in [2.24, 2.45) is 11.8 Å². The highest BCUT2D eigenvalue weighted by atomic mass is 14.2. The fourth-order valence-corrected chi connectivity index (χ4v) is 2.85. The second-order valence-corrected chi connectivity index (χ2v) is 6.37. The lowest BCUT2D eigenvalue weighted by molar-refractivity contribution is 0.448. The largest absolute Gasteiger partial charge is 0.0654 e. The lowest BCUT2D eigenvalue weighted by atomic mass is 9.87. The van der Waals surface area contributed by atoms with E-state index in [0.717, 1.165) is 11.8 Å². The molecular weight excluding hydrogens is 216 g/mol. The van der Waals surface area contributed by atoms with E-state index in [1.54, 1.807) is 0 Å². The normalized spacial score (nSPS) is 14.8. The summed E-state index contributed by atoms with van der Waals surface area (Å²) >= 11 is 0. The lowest BCUT2D eigenvalue weighted by Gasteiger charge is -2.18. The molecule has 1 aromatic carbocycles. The minimum atomic E-state index is 0.693. The van der Waals surface area contributed by atoms with Crippen molar-refractivity contribution >= 4 is 0 Å². The Bertz CT molecular complexity index is 338. The van der Waals surface area contributed by atoms with Crippen molar-refractivity contribution in [2.75, 3.05) is 0 Å². The van der Waals surface area contributed by atoms with Crippen molar-refractivity contribution in [2.45, 2.75) is 66.2 Å². The molecule has 0 saturated heterocycles. The molecule has 0 aliphatic heterocycles. The van der Waals surface area contributed by atoms with Gasteiger partial charge in [-0.3, -0.25) is 0 Å². The minimum Gasteiger partial charge on any atom is -0.0654 e. The van der Waals surface area contributed by atoms with Crippen LogP contribution in [-0.2, 0) is 6.42 Å². The Morgan fingerprint density at radius 1 is 1.06 bits per heavy atom. The molecule has 0 bridgehead atoms. The molecule has 102 valence electrons. The molecule has 0 fully saturated rings. The van der Waals surface area contributed by atoms with Crippen LogP contribution in [0, 0.1) is 11.8 Å². The van der Waals surface area contributed by atoms with Crippen LogP contribution in [0.1, 0.15) is 70.9 Å². The predicted molar refractivity (Wildman–Crippen MR) is 82.1 cm³/mol. The van der Waals surface area contributed by atoms with Gasteiger partial charge in [-0.25, -0.2) is 0 Å². The zero-order valence-electron chi connectivity index (χ0n) is 12.9. The highest BCUT2D eigenvalue weighted by Gasteiger charge is 2.11. The van der Waals surface area contributed by atoms with E-state index in [2.05, 4.69) is 58.9 Å². The first-order chi connectivity index (χ1) is 8.52. The average Bonchev–Trinajstić information content (AvgIpc) is 2.28. The second-order valence-electron chi connectivity index (χ2n) is 6.37. The molecule has 0 spiro atoms. The van der Waals surface area contributed by atoms with Crippen LogP contribution < -0.4 is 0 Å². The van der Waals surface area contributed by atoms with Crippen molar-refractivity contribution in [1.29, 1.82) is 0 Å². The molecular formula is C18H30. The van der Waals surface area contributed by atoms with Gasteiger partial charge in [-0.2, -0.15) is 0 Å². The SMILES string of the molecule is CCCC(C)CC(C)c1cccc(CC(C)C)c1. The summed E-state index contributed by atoms with van der Waals surface area (Å²) in [6, 6.07) is 9.22. The molecule has 0 heterocycles. The van der Waals surface area contributed by atoms with E-state index in [1.807, 2.05) is 0 Å². The molecule has 0 saturated carbocycles. The molecule has 0 amide bonds. The molecule has 1 rings (SSSR count). The number of benzene rings is 1. The zero-order chi connectivity index (χ0) is 13.5. The molecule has 0 heteroatoms. The molecule has 18 heavy (non-hydrogen) atoms. The van der Waals surface area contributed by atoms with Crippen molar-refractivity contribution in [1.82, 2.24) is 0 Å². The van der Waals surface area contributed by atoms with Crippen molar-refractivity contribution < 1.29 is 0 Å². The van der Waals surface area contributed by atoms with E-state index in [-0.39, 0.29) is 0 Å². The van der Waals surface area contributed by atoms with Crippen LogP contribution in [0.3, 0.4) is 0 Å². The fraction of sp³-hybridized carbons (Fsp3) is 0.667. The van der Waals surface area contributed by atoms with Crippen LogP contribution in [-0.4, -0.2) is 0 Å². The number of hydrogen-bond donors (Lipinski definition) is 0. The van der Waals surface area contributed by atoms with Crippen LogP contribution in [0.4, 0.5) is 0 Å². The minimum absolute atomic E-state index is 0.693. The first-order valence-electron chi connectivity index (χ1n) is 7.61. The Balaban J connectivity index is 2.64. The Labute approximate surface area is 114 Å². The molecule has 0 N–H and O–H groups in total. The predicted octanol–water partition coefficient (Wildman–Crippen LogP) is 5.81. The van der Waals surface area contributed by atoms with Gasteiger partial charge in [0.1, 0.15) is 0 Å². The quantitative estimate of drug-likeness (QED) is 0.569. The van der Waals surface area contributed by atoms with Crippen LogP contribution in [0.15, 0.2) is 24.3 Å². The standard InChI is InChI=1S/C18H30/c1-6-8-15(4)12-16(5)18-10-7-9-17(13-18)11-14(2)3/h7,9-10,13-16H,6,8,11-12H2,1-5H3. The Morgan fingerprint density at radius 3 is 2.39 bits per heavy atom. The van der Waals surface area contributed by atoms with Gasteiger partial charge >= 0.3 is 0 Å². The van der Waals surface area contributed by atoms with E-state index in [9.17, 15) is 0 Å². The summed E-state index contributed by atoms with van der Waals surface area (Å²) in [5.74, 6) is 2.28. The molecule has 0 aliphatic rings. The summed E-state index contributed by atoms with van der Waals surface area (Å²) in [5.41, 5.74) is 3.02. The summed E-state index contributed by atoms with van der Waals surface area (Å²) in [7, 11) is 0. The smallest absolute Gasteiger partial charge is 0.0188 e. The van der Waals surface area contributed by atoms with Gasteiger partial charge in [-0.1, -0.05) is 71.7 Å². The maximum Gasteiger partial charge on any atom is -0.0188 e. The van der Waals surface area contributed by atoms with E-state index >= 15 is 0 Å². The van der Waals surface area contributed by atoms with Crippen molar-refractivity contribution in [3.05, 3.63) is 35.4 Å². The van der Waals surface area contributed by atoms with Crippen LogP contribution in [0.25, 0.3) is 0 Å². The topological polar surface area (TPSA) is 0 Å². The highest BCUT2D eigenvalue weighted by molar-refractivity contribution is 5.26. The Hall–Kier alpha value is -0.780. The van der Waals surface area contributed by atoms with Crippen molar-refractivity contribution in [3.63, 3.8) is 0 Å². The summed E-state index contributed by atoms with van der Waals surface area (Å²) in [6.45, 7) is 11.6. The van der Waals surface area contributed by atoms with Gasteiger partial charge in [-0.05, 0) is 41.7 Å². The average molecular weight is 246 g/mol. The maximum absolute atomic E-state index is 2.42. The van der Waals surface area contributed by atoms with Gasteiger partial charge in [0, 0.05) is 0 Å². The molecule has 0 aliphatic carbocycles. The van der Waals surface area contributed by atoms with Gasteiger partial charge in [0.15, 0.2) is 0 Å². The van der Waals surface area contributed by atoms with Gasteiger partial charge in [0.2, 0.25) is 0 Å². The third-order valence-electron chi connectivity index (χ3n) is 3.70. The monoisotopic (exact) mass is 246 g/mol.